The van der Waals surface area contributed by atoms with Crippen molar-refractivity contribution in [1.29, 1.82) is 0 Å². The summed E-state index contributed by atoms with van der Waals surface area (Å²) in [6.07, 6.45) is 0. The number of hydrogen-bond acceptors (Lipinski definition) is 5. The first kappa shape index (κ1) is 19.1. The van der Waals surface area contributed by atoms with Crippen molar-refractivity contribution < 1.29 is 4.79 Å². The summed E-state index contributed by atoms with van der Waals surface area (Å²) in [6, 6.07) is 5.57. The number of aryl methyl sites for hydroxylation is 3. The average molecular weight is 368 g/mol. The van der Waals surface area contributed by atoms with Crippen LogP contribution in [-0.2, 0) is 0 Å². The Hall–Kier alpha value is -2.67. The van der Waals surface area contributed by atoms with E-state index >= 15 is 0 Å². The molecule has 1 aliphatic heterocycles. The quantitative estimate of drug-likeness (QED) is 0.871. The lowest BCUT2D eigenvalue weighted by Crippen LogP contribution is -2.45. The number of likely N-dealkylation sites (N-methyl/N-ethyl adjacent to an activating group) is 1. The molecule has 0 aliphatic carbocycles. The molecule has 7 nitrogen and oxygen atoms in total. The molecule has 7 heteroatoms. The van der Waals surface area contributed by atoms with Gasteiger partial charge in [-0.3, -0.25) is 0 Å². The van der Waals surface area contributed by atoms with E-state index in [9.17, 15) is 4.79 Å². The largest absolute Gasteiger partial charge is 0.338 e. The van der Waals surface area contributed by atoms with Crippen LogP contribution in [0.25, 0.3) is 0 Å². The topological polar surface area (TPSA) is 73.4 Å². The predicted molar refractivity (Wildman–Crippen MR) is 110 cm³/mol. The zero-order valence-electron chi connectivity index (χ0n) is 16.8. The number of urea groups is 1. The van der Waals surface area contributed by atoms with Crippen molar-refractivity contribution in [3.8, 4) is 0 Å². The fraction of sp³-hybridized carbons (Fsp3) is 0.450. The summed E-state index contributed by atoms with van der Waals surface area (Å²) in [7, 11) is 2.12. The zero-order chi connectivity index (χ0) is 19.6. The van der Waals surface area contributed by atoms with Gasteiger partial charge in [-0.25, -0.2) is 14.8 Å². The summed E-state index contributed by atoms with van der Waals surface area (Å²) >= 11 is 0. The standard InChI is InChI=1S/C20H28N6O/c1-13-7-6-8-17(14(13)2)23-20(27)24-18-15(3)21-19(22-16(18)4)26-11-9-25(5)10-12-26/h6-8H,9-12H2,1-5H3,(H2,23,24,27). The molecule has 0 radical (unpaired) electrons. The number of carbonyl (C=O) groups excluding carboxylic acids is 1. The SMILES string of the molecule is Cc1cccc(NC(=O)Nc2c(C)nc(N3CCN(C)CC3)nc2C)c1C. The lowest BCUT2D eigenvalue weighted by Gasteiger charge is -2.32. The van der Waals surface area contributed by atoms with Gasteiger partial charge >= 0.3 is 6.03 Å². The third-order valence-electron chi connectivity index (χ3n) is 5.14. The maximum Gasteiger partial charge on any atom is 0.323 e. The number of hydrogen-bond donors (Lipinski definition) is 2. The Labute approximate surface area is 160 Å². The highest BCUT2D eigenvalue weighted by Crippen LogP contribution is 2.22. The maximum absolute atomic E-state index is 12.5. The highest BCUT2D eigenvalue weighted by Gasteiger charge is 2.19. The highest BCUT2D eigenvalue weighted by molar-refractivity contribution is 6.01. The van der Waals surface area contributed by atoms with Gasteiger partial charge in [-0.05, 0) is 51.9 Å². The third kappa shape index (κ3) is 4.36. The molecular weight excluding hydrogens is 340 g/mol. The summed E-state index contributed by atoms with van der Waals surface area (Å²) in [5, 5.41) is 5.82. The van der Waals surface area contributed by atoms with Gasteiger partial charge in [0, 0.05) is 31.9 Å². The van der Waals surface area contributed by atoms with Crippen LogP contribution >= 0.6 is 0 Å². The van der Waals surface area contributed by atoms with Gasteiger partial charge in [0.1, 0.15) is 0 Å². The lowest BCUT2D eigenvalue weighted by atomic mass is 10.1. The number of amides is 2. The Bertz CT molecular complexity index is 819. The molecule has 144 valence electrons. The summed E-state index contributed by atoms with van der Waals surface area (Å²) in [5.41, 5.74) is 5.20. The molecule has 1 aromatic heterocycles. The summed E-state index contributed by atoms with van der Waals surface area (Å²) in [5.74, 6) is 0.735. The molecule has 2 N–H and O–H groups in total. The number of rotatable bonds is 3. The summed E-state index contributed by atoms with van der Waals surface area (Å²) < 4.78 is 0. The van der Waals surface area contributed by atoms with E-state index in [1.165, 1.54) is 0 Å². The van der Waals surface area contributed by atoms with Crippen molar-refractivity contribution >= 4 is 23.4 Å². The van der Waals surface area contributed by atoms with E-state index < -0.39 is 0 Å². The van der Waals surface area contributed by atoms with E-state index in [1.807, 2.05) is 45.9 Å². The first-order chi connectivity index (χ1) is 12.8. The molecule has 1 fully saturated rings. The summed E-state index contributed by atoms with van der Waals surface area (Å²) in [4.78, 5) is 26.2. The van der Waals surface area contributed by atoms with Crippen molar-refractivity contribution in [1.82, 2.24) is 14.9 Å². The Morgan fingerprint density at radius 2 is 1.59 bits per heavy atom. The van der Waals surface area contributed by atoms with E-state index in [1.54, 1.807) is 0 Å². The van der Waals surface area contributed by atoms with Crippen LogP contribution in [0, 0.1) is 27.7 Å². The molecule has 2 aromatic rings. The highest BCUT2D eigenvalue weighted by atomic mass is 16.2. The van der Waals surface area contributed by atoms with Crippen molar-refractivity contribution in [2.45, 2.75) is 27.7 Å². The minimum atomic E-state index is -0.286. The number of nitrogens with one attached hydrogen (secondary N) is 2. The fourth-order valence-corrected chi connectivity index (χ4v) is 3.18. The molecule has 0 atom stereocenters. The van der Waals surface area contributed by atoms with Crippen LogP contribution in [0.3, 0.4) is 0 Å². The zero-order valence-corrected chi connectivity index (χ0v) is 16.8. The molecule has 1 saturated heterocycles. The minimum absolute atomic E-state index is 0.286. The third-order valence-corrected chi connectivity index (χ3v) is 5.14. The second-order valence-electron chi connectivity index (χ2n) is 7.19. The Balaban J connectivity index is 1.73. The Morgan fingerprint density at radius 3 is 2.22 bits per heavy atom. The van der Waals surface area contributed by atoms with E-state index in [4.69, 9.17) is 0 Å². The molecule has 0 unspecified atom stereocenters. The van der Waals surface area contributed by atoms with Gasteiger partial charge < -0.3 is 20.4 Å². The predicted octanol–water partition coefficient (Wildman–Crippen LogP) is 3.11. The van der Waals surface area contributed by atoms with Gasteiger partial charge in [-0.15, -0.1) is 0 Å². The molecule has 3 rings (SSSR count). The minimum Gasteiger partial charge on any atom is -0.338 e. The van der Waals surface area contributed by atoms with E-state index in [2.05, 4.69) is 37.4 Å². The van der Waals surface area contributed by atoms with Gasteiger partial charge in [0.05, 0.1) is 17.1 Å². The smallest absolute Gasteiger partial charge is 0.323 e. The number of benzene rings is 1. The van der Waals surface area contributed by atoms with Crippen molar-refractivity contribution in [3.05, 3.63) is 40.7 Å². The molecule has 27 heavy (non-hydrogen) atoms. The van der Waals surface area contributed by atoms with Crippen LogP contribution in [0.4, 0.5) is 22.1 Å². The molecule has 2 amide bonds. The molecule has 1 aromatic carbocycles. The lowest BCUT2D eigenvalue weighted by molar-refractivity contribution is 0.262. The second-order valence-corrected chi connectivity index (χ2v) is 7.19. The Kier molecular flexibility index (Phi) is 5.60. The van der Waals surface area contributed by atoms with Crippen LogP contribution in [0.2, 0.25) is 0 Å². The van der Waals surface area contributed by atoms with Gasteiger partial charge in [0.25, 0.3) is 0 Å². The van der Waals surface area contributed by atoms with Gasteiger partial charge in [-0.2, -0.15) is 0 Å². The molecule has 0 spiro atoms. The van der Waals surface area contributed by atoms with Gasteiger partial charge in [0.2, 0.25) is 5.95 Å². The van der Waals surface area contributed by atoms with Crippen molar-refractivity contribution in [2.75, 3.05) is 48.8 Å². The number of aromatic nitrogens is 2. The second kappa shape index (κ2) is 7.92. The van der Waals surface area contributed by atoms with Crippen LogP contribution < -0.4 is 15.5 Å². The molecule has 1 aliphatic rings. The van der Waals surface area contributed by atoms with E-state index in [0.29, 0.717) is 5.69 Å². The first-order valence-electron chi connectivity index (χ1n) is 9.28. The summed E-state index contributed by atoms with van der Waals surface area (Å²) in [6.45, 7) is 11.7. The van der Waals surface area contributed by atoms with Crippen LogP contribution in [-0.4, -0.2) is 54.1 Å². The fourth-order valence-electron chi connectivity index (χ4n) is 3.18. The number of anilines is 3. The van der Waals surface area contributed by atoms with Crippen LogP contribution in [0.5, 0.6) is 0 Å². The van der Waals surface area contributed by atoms with Crippen LogP contribution in [0.1, 0.15) is 22.5 Å². The molecule has 0 bridgehead atoms. The average Bonchev–Trinajstić information content (AvgIpc) is 2.62. The normalized spacial score (nSPS) is 14.9. The van der Waals surface area contributed by atoms with Crippen molar-refractivity contribution in [3.63, 3.8) is 0 Å². The number of piperazine rings is 1. The van der Waals surface area contributed by atoms with Gasteiger partial charge in [-0.1, -0.05) is 12.1 Å². The molecular formula is C20H28N6O. The number of nitrogens with zero attached hydrogens (tertiary/aromatic N) is 4. The first-order valence-corrected chi connectivity index (χ1v) is 9.28. The van der Waals surface area contributed by atoms with Crippen LogP contribution in [0.15, 0.2) is 18.2 Å². The monoisotopic (exact) mass is 368 g/mol. The van der Waals surface area contributed by atoms with E-state index in [-0.39, 0.29) is 6.03 Å². The Morgan fingerprint density at radius 1 is 0.963 bits per heavy atom. The van der Waals surface area contributed by atoms with E-state index in [0.717, 1.165) is 60.3 Å². The molecule has 0 saturated carbocycles. The number of carbonyl (C=O) groups is 1. The van der Waals surface area contributed by atoms with Crippen molar-refractivity contribution in [2.24, 2.45) is 0 Å². The molecule has 2 heterocycles. The maximum atomic E-state index is 12.5. The van der Waals surface area contributed by atoms with Gasteiger partial charge in [0.15, 0.2) is 0 Å².